The maximum Gasteiger partial charge on any atom is 0.226 e. The number of methoxy groups -OCH3 is 1. The first kappa shape index (κ1) is 25.3. The molecule has 4 rings (SSSR count). The number of nitrogens with one attached hydrogen (secondary N) is 3. The Kier molecular flexibility index (Phi) is 6.80. The van der Waals surface area contributed by atoms with Gasteiger partial charge in [-0.25, -0.2) is 4.98 Å². The van der Waals surface area contributed by atoms with Gasteiger partial charge in [-0.3, -0.25) is 0 Å². The van der Waals surface area contributed by atoms with Crippen molar-refractivity contribution in [2.75, 3.05) is 29.6 Å². The lowest BCUT2D eigenvalue weighted by molar-refractivity contribution is 0.415. The molecule has 0 saturated carbocycles. The first-order chi connectivity index (χ1) is 16.9. The Bertz CT molecular complexity index is 1350. The number of imidazole rings is 1. The maximum atomic E-state index is 5.26. The van der Waals surface area contributed by atoms with Crippen LogP contribution in [0, 0.1) is 6.92 Å². The van der Waals surface area contributed by atoms with Crippen LogP contribution in [0.5, 0.6) is 5.75 Å². The molecule has 0 aliphatic carbocycles. The molecule has 0 aliphatic heterocycles. The summed E-state index contributed by atoms with van der Waals surface area (Å²) in [5.41, 5.74) is 5.73. The molecule has 0 radical (unpaired) electrons. The van der Waals surface area contributed by atoms with E-state index in [-0.39, 0.29) is 11.0 Å². The van der Waals surface area contributed by atoms with Crippen molar-refractivity contribution in [1.82, 2.24) is 19.5 Å². The Morgan fingerprint density at radius 3 is 2.36 bits per heavy atom. The molecule has 0 amide bonds. The summed E-state index contributed by atoms with van der Waals surface area (Å²) in [7, 11) is 3.62. The number of benzene rings is 2. The van der Waals surface area contributed by atoms with Gasteiger partial charge < -0.3 is 25.3 Å². The number of rotatable bonds is 8. The van der Waals surface area contributed by atoms with E-state index in [4.69, 9.17) is 9.72 Å². The topological polar surface area (TPSA) is 88.9 Å². The Morgan fingerprint density at radius 2 is 1.69 bits per heavy atom. The van der Waals surface area contributed by atoms with Crippen LogP contribution in [0.4, 0.5) is 23.1 Å². The fourth-order valence-electron chi connectivity index (χ4n) is 3.98. The lowest BCUT2D eigenvalue weighted by Crippen LogP contribution is -2.38. The van der Waals surface area contributed by atoms with Gasteiger partial charge in [0, 0.05) is 30.5 Å². The molecule has 4 aromatic rings. The second kappa shape index (κ2) is 9.68. The summed E-state index contributed by atoms with van der Waals surface area (Å²) < 4.78 is 7.20. The molecule has 3 N–H and O–H groups in total. The van der Waals surface area contributed by atoms with E-state index in [1.807, 2.05) is 35.9 Å². The van der Waals surface area contributed by atoms with Gasteiger partial charge in [-0.2, -0.15) is 9.97 Å². The van der Waals surface area contributed by atoms with E-state index in [2.05, 4.69) is 85.7 Å². The van der Waals surface area contributed by atoms with Gasteiger partial charge in [-0.05, 0) is 67.6 Å². The maximum absolute atomic E-state index is 5.26. The van der Waals surface area contributed by atoms with Crippen molar-refractivity contribution in [2.45, 2.75) is 52.5 Å². The number of fused-ring (bicyclic) bond motifs is 1. The predicted molar refractivity (Wildman–Crippen MR) is 149 cm³/mol. The number of hydrogen-bond acceptors (Lipinski definition) is 7. The zero-order valence-corrected chi connectivity index (χ0v) is 22.5. The molecule has 2 aromatic heterocycles. The van der Waals surface area contributed by atoms with E-state index in [9.17, 15) is 0 Å². The Morgan fingerprint density at radius 1 is 0.972 bits per heavy atom. The highest BCUT2D eigenvalue weighted by molar-refractivity contribution is 5.87. The van der Waals surface area contributed by atoms with Crippen LogP contribution in [0.15, 0.2) is 48.8 Å². The lowest BCUT2D eigenvalue weighted by Gasteiger charge is -2.28. The molecule has 0 aliphatic rings. The fourth-order valence-corrected chi connectivity index (χ4v) is 3.98. The van der Waals surface area contributed by atoms with Crippen molar-refractivity contribution in [2.24, 2.45) is 7.05 Å². The van der Waals surface area contributed by atoms with Crippen LogP contribution < -0.4 is 20.7 Å². The van der Waals surface area contributed by atoms with Gasteiger partial charge in [0.15, 0.2) is 11.5 Å². The van der Waals surface area contributed by atoms with Crippen molar-refractivity contribution < 1.29 is 4.74 Å². The summed E-state index contributed by atoms with van der Waals surface area (Å²) in [5.74, 6) is 2.08. The van der Waals surface area contributed by atoms with Crippen molar-refractivity contribution in [3.8, 4) is 5.75 Å². The second-order valence-corrected chi connectivity index (χ2v) is 10.9. The first-order valence-corrected chi connectivity index (χ1v) is 12.2. The zero-order chi connectivity index (χ0) is 26.1. The van der Waals surface area contributed by atoms with E-state index >= 15 is 0 Å². The number of aromatic nitrogens is 4. The number of nitrogens with zero attached hydrogens (tertiary/aromatic N) is 4. The van der Waals surface area contributed by atoms with Gasteiger partial charge in [0.2, 0.25) is 5.95 Å². The van der Waals surface area contributed by atoms with Crippen molar-refractivity contribution in [3.05, 3.63) is 59.9 Å². The van der Waals surface area contributed by atoms with E-state index in [1.54, 1.807) is 13.4 Å². The molecule has 8 heteroatoms. The van der Waals surface area contributed by atoms with E-state index in [0.717, 1.165) is 34.0 Å². The highest BCUT2D eigenvalue weighted by Gasteiger charge is 2.20. The fraction of sp³-hybridized carbons (Fsp3) is 0.393. The SMILES string of the molecule is COc1ccc(NC(C)(C)CNc2nc(Nc3cc(C(C)(C)C)ccc3C)c3c(ncn3C)n2)cc1. The van der Waals surface area contributed by atoms with Gasteiger partial charge in [-0.1, -0.05) is 32.9 Å². The van der Waals surface area contributed by atoms with Crippen LogP contribution >= 0.6 is 0 Å². The summed E-state index contributed by atoms with van der Waals surface area (Å²) in [6.45, 7) is 13.6. The third-order valence-electron chi connectivity index (χ3n) is 6.19. The van der Waals surface area contributed by atoms with Crippen molar-refractivity contribution in [1.29, 1.82) is 0 Å². The van der Waals surface area contributed by atoms with Crippen LogP contribution in [-0.4, -0.2) is 38.7 Å². The van der Waals surface area contributed by atoms with Crippen LogP contribution in [0.25, 0.3) is 11.2 Å². The standard InChI is InChI=1S/C28H37N7O/c1-18-9-10-19(27(2,3)4)15-22(18)31-25-23-24(30-17-35(23)7)32-26(33-25)29-16-28(5,6)34-20-11-13-21(36-8)14-12-20/h9-15,17,34H,16H2,1-8H3,(H2,29,31,32,33). The third kappa shape index (κ3) is 5.70. The highest BCUT2D eigenvalue weighted by Crippen LogP contribution is 2.31. The minimum atomic E-state index is -0.262. The Balaban J connectivity index is 1.58. The molecular formula is C28H37N7O. The van der Waals surface area contributed by atoms with Crippen LogP contribution in [0.2, 0.25) is 0 Å². The number of ether oxygens (including phenoxy) is 1. The molecule has 0 fully saturated rings. The Hall–Kier alpha value is -3.81. The number of anilines is 4. The molecule has 2 aromatic carbocycles. The van der Waals surface area contributed by atoms with Crippen molar-refractivity contribution >= 4 is 34.3 Å². The van der Waals surface area contributed by atoms with Crippen molar-refractivity contribution in [3.63, 3.8) is 0 Å². The summed E-state index contributed by atoms with van der Waals surface area (Å²) in [6.07, 6.45) is 1.77. The molecular weight excluding hydrogens is 450 g/mol. The average molecular weight is 488 g/mol. The van der Waals surface area contributed by atoms with Gasteiger partial charge >= 0.3 is 0 Å². The molecule has 0 saturated heterocycles. The van der Waals surface area contributed by atoms with Gasteiger partial charge in [0.05, 0.1) is 13.4 Å². The zero-order valence-electron chi connectivity index (χ0n) is 22.5. The van der Waals surface area contributed by atoms with Gasteiger partial charge in [0.1, 0.15) is 11.3 Å². The molecule has 0 atom stereocenters. The van der Waals surface area contributed by atoms with E-state index < -0.39 is 0 Å². The summed E-state index contributed by atoms with van der Waals surface area (Å²) in [4.78, 5) is 14.0. The average Bonchev–Trinajstić information content (AvgIpc) is 3.19. The predicted octanol–water partition coefficient (Wildman–Crippen LogP) is 6.02. The van der Waals surface area contributed by atoms with Crippen LogP contribution in [-0.2, 0) is 12.5 Å². The smallest absolute Gasteiger partial charge is 0.226 e. The number of hydrogen-bond donors (Lipinski definition) is 3. The summed E-state index contributed by atoms with van der Waals surface area (Å²) in [6, 6.07) is 14.4. The molecule has 0 unspecified atom stereocenters. The summed E-state index contributed by atoms with van der Waals surface area (Å²) in [5, 5.41) is 10.5. The highest BCUT2D eigenvalue weighted by atomic mass is 16.5. The quantitative estimate of drug-likeness (QED) is 0.280. The largest absolute Gasteiger partial charge is 0.497 e. The van der Waals surface area contributed by atoms with Crippen LogP contribution in [0.1, 0.15) is 45.7 Å². The molecule has 2 heterocycles. The van der Waals surface area contributed by atoms with Gasteiger partial charge in [-0.15, -0.1) is 0 Å². The monoisotopic (exact) mass is 487 g/mol. The first-order valence-electron chi connectivity index (χ1n) is 12.2. The third-order valence-corrected chi connectivity index (χ3v) is 6.19. The van der Waals surface area contributed by atoms with E-state index in [0.29, 0.717) is 18.1 Å². The van der Waals surface area contributed by atoms with Gasteiger partial charge in [0.25, 0.3) is 0 Å². The lowest BCUT2D eigenvalue weighted by atomic mass is 9.86. The summed E-state index contributed by atoms with van der Waals surface area (Å²) >= 11 is 0. The minimum Gasteiger partial charge on any atom is -0.497 e. The molecule has 190 valence electrons. The second-order valence-electron chi connectivity index (χ2n) is 10.9. The Labute approximate surface area is 213 Å². The van der Waals surface area contributed by atoms with E-state index in [1.165, 1.54) is 5.56 Å². The molecule has 0 bridgehead atoms. The molecule has 0 spiro atoms. The molecule has 8 nitrogen and oxygen atoms in total. The minimum absolute atomic E-state index is 0.0484. The van der Waals surface area contributed by atoms with Crippen LogP contribution in [0.3, 0.4) is 0 Å². The normalized spacial score (nSPS) is 12.0. The molecule has 36 heavy (non-hydrogen) atoms. The number of aryl methyl sites for hydroxylation is 2.